The summed E-state index contributed by atoms with van der Waals surface area (Å²) in [6, 6.07) is 28.9. The smallest absolute Gasteiger partial charge is 0.335 e. The first-order valence-corrected chi connectivity index (χ1v) is 13.2. The minimum Gasteiger partial charge on any atom is -0.427 e. The number of carbonyl (C=O) groups is 2. The molecule has 0 aliphatic heterocycles. The number of nitrogens with one attached hydrogen (secondary N) is 1. The maximum Gasteiger partial charge on any atom is 0.335 e. The second-order valence-electron chi connectivity index (χ2n) is 9.59. The number of rotatable bonds is 3. The molecule has 1 heterocycles. The third kappa shape index (κ3) is 5.63. The van der Waals surface area contributed by atoms with Gasteiger partial charge in [-0.2, -0.15) is 0 Å². The summed E-state index contributed by atoms with van der Waals surface area (Å²) in [5, 5.41) is 4.93. The Kier molecular flexibility index (Phi) is 6.99. The lowest BCUT2D eigenvalue weighted by molar-refractivity contribution is -0.132. The van der Waals surface area contributed by atoms with Gasteiger partial charge in [-0.1, -0.05) is 54.5 Å². The van der Waals surface area contributed by atoms with Gasteiger partial charge >= 0.3 is 11.9 Å². The number of carbonyl (C=O) groups excluding carboxylic acids is 2. The molecular formula is C37H23NO4. The lowest BCUT2D eigenvalue weighted by Crippen LogP contribution is -2.02. The van der Waals surface area contributed by atoms with E-state index in [4.69, 9.17) is 9.47 Å². The van der Waals surface area contributed by atoms with Crippen LogP contribution < -0.4 is 9.47 Å². The van der Waals surface area contributed by atoms with Gasteiger partial charge in [0.1, 0.15) is 11.5 Å². The van der Waals surface area contributed by atoms with Crippen molar-refractivity contribution in [1.82, 2.24) is 4.98 Å². The van der Waals surface area contributed by atoms with Gasteiger partial charge in [0.25, 0.3) is 0 Å². The van der Waals surface area contributed by atoms with Gasteiger partial charge in [0.2, 0.25) is 0 Å². The lowest BCUT2D eigenvalue weighted by atomic mass is 10.0. The molecule has 0 fully saturated rings. The Hall–Kier alpha value is -6.04. The summed E-state index contributed by atoms with van der Waals surface area (Å²) in [7, 11) is 0. The molecule has 5 aromatic carbocycles. The van der Waals surface area contributed by atoms with Gasteiger partial charge in [0, 0.05) is 46.8 Å². The van der Waals surface area contributed by atoms with E-state index in [1.807, 2.05) is 85.1 Å². The summed E-state index contributed by atoms with van der Waals surface area (Å²) in [6.45, 7) is 4.81. The summed E-state index contributed by atoms with van der Waals surface area (Å²) in [6.07, 6.45) is 3.03. The minimum atomic E-state index is -0.490. The number of esters is 2. The zero-order valence-corrected chi connectivity index (χ0v) is 22.7. The molecule has 1 aromatic heterocycles. The Morgan fingerprint density at radius 2 is 1.21 bits per heavy atom. The van der Waals surface area contributed by atoms with Gasteiger partial charge in [-0.05, 0) is 88.3 Å². The summed E-state index contributed by atoms with van der Waals surface area (Å²) in [5.41, 5.74) is 4.47. The van der Waals surface area contributed by atoms with Gasteiger partial charge in [-0.25, -0.2) is 4.79 Å². The first-order valence-electron chi connectivity index (χ1n) is 13.2. The normalized spacial score (nSPS) is 10.4. The van der Waals surface area contributed by atoms with Crippen molar-refractivity contribution in [3.8, 4) is 35.2 Å². The van der Waals surface area contributed by atoms with E-state index in [0.717, 1.165) is 60.8 Å². The van der Waals surface area contributed by atoms with Crippen LogP contribution in [0.25, 0.3) is 32.4 Å². The Balaban J connectivity index is 1.25. The van der Waals surface area contributed by atoms with E-state index in [1.165, 1.54) is 6.92 Å². The second-order valence-corrected chi connectivity index (χ2v) is 9.59. The molecular weight excluding hydrogens is 522 g/mol. The van der Waals surface area contributed by atoms with Crippen LogP contribution in [0.4, 0.5) is 0 Å². The van der Waals surface area contributed by atoms with Gasteiger partial charge in [-0.3, -0.25) is 4.79 Å². The van der Waals surface area contributed by atoms with Crippen LogP contribution in [0.3, 0.4) is 0 Å². The number of benzene rings is 5. The first kappa shape index (κ1) is 26.2. The van der Waals surface area contributed by atoms with Crippen LogP contribution in [-0.4, -0.2) is 16.9 Å². The molecule has 0 unspecified atom stereocenters. The summed E-state index contributed by atoms with van der Waals surface area (Å²) in [5.74, 6) is 13.3. The highest BCUT2D eigenvalue weighted by Gasteiger charge is 2.06. The standard InChI is InChI=1S/C37H23NO4/c1-3-36(40)42-34-17-15-30-21-26(7-11-32(30)23-34)5-9-28-13-12-27(35-18-19-38-37(28)35)8-4-25-6-10-31-22-33(41-24(2)39)16-14-29(31)20-25/h3,6-7,10-23,38H,1H2,2H3. The van der Waals surface area contributed by atoms with E-state index in [0.29, 0.717) is 11.5 Å². The zero-order valence-electron chi connectivity index (χ0n) is 22.7. The zero-order chi connectivity index (χ0) is 29.1. The monoisotopic (exact) mass is 545 g/mol. The summed E-state index contributed by atoms with van der Waals surface area (Å²) >= 11 is 0. The van der Waals surface area contributed by atoms with Crippen molar-refractivity contribution in [2.24, 2.45) is 0 Å². The predicted molar refractivity (Wildman–Crippen MR) is 165 cm³/mol. The van der Waals surface area contributed by atoms with Gasteiger partial charge in [-0.15, -0.1) is 0 Å². The van der Waals surface area contributed by atoms with Crippen LogP contribution in [0.15, 0.2) is 110 Å². The largest absolute Gasteiger partial charge is 0.427 e. The molecule has 1 N–H and O–H groups in total. The fraction of sp³-hybridized carbons (Fsp3) is 0.0270. The van der Waals surface area contributed by atoms with Gasteiger partial charge in [0.15, 0.2) is 0 Å². The fourth-order valence-electron chi connectivity index (χ4n) is 4.70. The van der Waals surface area contributed by atoms with Crippen LogP contribution in [0.2, 0.25) is 0 Å². The van der Waals surface area contributed by atoms with Crippen LogP contribution in [0, 0.1) is 23.7 Å². The average Bonchev–Trinajstić information content (AvgIpc) is 3.49. The number of fused-ring (bicyclic) bond motifs is 3. The second kappa shape index (κ2) is 11.2. The van der Waals surface area contributed by atoms with Crippen molar-refractivity contribution in [3.05, 3.63) is 132 Å². The van der Waals surface area contributed by atoms with E-state index in [2.05, 4.69) is 35.2 Å². The van der Waals surface area contributed by atoms with Crippen LogP contribution in [-0.2, 0) is 9.59 Å². The number of ether oxygens (including phenoxy) is 2. The number of aromatic nitrogens is 1. The Morgan fingerprint density at radius 3 is 1.83 bits per heavy atom. The van der Waals surface area contributed by atoms with Crippen molar-refractivity contribution in [2.45, 2.75) is 6.92 Å². The molecule has 0 radical (unpaired) electrons. The molecule has 0 aliphatic carbocycles. The molecule has 0 saturated carbocycles. The molecule has 0 bridgehead atoms. The highest BCUT2D eigenvalue weighted by molar-refractivity contribution is 5.92. The molecule has 0 saturated heterocycles. The van der Waals surface area contributed by atoms with Crippen molar-refractivity contribution >= 4 is 44.4 Å². The Bertz CT molecular complexity index is 2180. The molecule has 0 spiro atoms. The van der Waals surface area contributed by atoms with E-state index in [-0.39, 0.29) is 5.97 Å². The molecule has 0 amide bonds. The highest BCUT2D eigenvalue weighted by atomic mass is 16.5. The SMILES string of the molecule is C=CC(=O)Oc1ccc2cc(C#Cc3ccc(C#Cc4ccc5cc(OC(C)=O)ccc5c4)c4cc[nH]c34)ccc2c1. The maximum atomic E-state index is 11.5. The Morgan fingerprint density at radius 1 is 0.667 bits per heavy atom. The molecule has 6 aromatic rings. The average molecular weight is 546 g/mol. The molecule has 5 nitrogen and oxygen atoms in total. The third-order valence-corrected chi connectivity index (χ3v) is 6.68. The van der Waals surface area contributed by atoms with Crippen molar-refractivity contribution in [3.63, 3.8) is 0 Å². The molecule has 42 heavy (non-hydrogen) atoms. The van der Waals surface area contributed by atoms with E-state index in [1.54, 1.807) is 12.1 Å². The summed E-state index contributed by atoms with van der Waals surface area (Å²) < 4.78 is 10.4. The fourth-order valence-corrected chi connectivity index (χ4v) is 4.70. The van der Waals surface area contributed by atoms with Crippen LogP contribution in [0.5, 0.6) is 11.5 Å². The van der Waals surface area contributed by atoms with Crippen molar-refractivity contribution in [1.29, 1.82) is 0 Å². The molecule has 200 valence electrons. The number of H-pyrrole nitrogens is 1. The first-order chi connectivity index (χ1) is 20.4. The van der Waals surface area contributed by atoms with E-state index >= 15 is 0 Å². The predicted octanol–water partition coefficient (Wildman–Crippen LogP) is 7.29. The van der Waals surface area contributed by atoms with Crippen molar-refractivity contribution in [2.75, 3.05) is 0 Å². The third-order valence-electron chi connectivity index (χ3n) is 6.68. The summed E-state index contributed by atoms with van der Waals surface area (Å²) in [4.78, 5) is 26.0. The maximum absolute atomic E-state index is 11.5. The molecule has 6 rings (SSSR count). The number of aromatic amines is 1. The lowest BCUT2D eigenvalue weighted by Gasteiger charge is -2.04. The van der Waals surface area contributed by atoms with Crippen molar-refractivity contribution < 1.29 is 19.1 Å². The van der Waals surface area contributed by atoms with Gasteiger partial charge in [0.05, 0.1) is 5.52 Å². The van der Waals surface area contributed by atoms with Crippen LogP contribution >= 0.6 is 0 Å². The molecule has 5 heteroatoms. The minimum absolute atomic E-state index is 0.344. The van der Waals surface area contributed by atoms with Gasteiger partial charge < -0.3 is 14.5 Å². The molecule has 0 atom stereocenters. The van der Waals surface area contributed by atoms with E-state index < -0.39 is 5.97 Å². The number of hydrogen-bond acceptors (Lipinski definition) is 4. The van der Waals surface area contributed by atoms with E-state index in [9.17, 15) is 9.59 Å². The quantitative estimate of drug-likeness (QED) is 0.110. The highest BCUT2D eigenvalue weighted by Crippen LogP contribution is 2.25. The van der Waals surface area contributed by atoms with Crippen LogP contribution in [0.1, 0.15) is 29.2 Å². The Labute approximate surface area is 242 Å². The molecule has 0 aliphatic rings. The number of hydrogen-bond donors (Lipinski definition) is 1. The topological polar surface area (TPSA) is 68.4 Å².